The van der Waals surface area contributed by atoms with Crippen LogP contribution in [0.25, 0.3) is 0 Å². The molecule has 138 valence electrons. The Bertz CT molecular complexity index is 908. The molecular formula is C20H23NO4S. The van der Waals surface area contributed by atoms with Crippen LogP contribution >= 0.6 is 0 Å². The fraction of sp³-hybridized carbons (Fsp3) is 0.350. The summed E-state index contributed by atoms with van der Waals surface area (Å²) in [4.78, 5) is 12.7. The quantitative estimate of drug-likeness (QED) is 0.756. The third-order valence-electron chi connectivity index (χ3n) is 4.83. The SMILES string of the molecule is CCS(=O)(=O)N1Cc2ccccc2C[C@H]1C(=O)OCc1ccccc1C. The van der Waals surface area contributed by atoms with Crippen LogP contribution in [0.4, 0.5) is 0 Å². The topological polar surface area (TPSA) is 63.7 Å². The molecule has 2 aromatic carbocycles. The van der Waals surface area contributed by atoms with Gasteiger partial charge in [0.1, 0.15) is 12.6 Å². The molecule has 0 N–H and O–H groups in total. The maximum atomic E-state index is 12.7. The highest BCUT2D eigenvalue weighted by Crippen LogP contribution is 2.27. The third-order valence-corrected chi connectivity index (χ3v) is 6.66. The molecule has 0 fully saturated rings. The van der Waals surface area contributed by atoms with Gasteiger partial charge in [-0.05, 0) is 36.1 Å². The molecule has 5 nitrogen and oxygen atoms in total. The maximum absolute atomic E-state index is 12.7. The molecule has 0 amide bonds. The number of sulfonamides is 1. The van der Waals surface area contributed by atoms with Gasteiger partial charge in [0.05, 0.1) is 5.75 Å². The number of esters is 1. The molecule has 0 radical (unpaired) electrons. The zero-order valence-corrected chi connectivity index (χ0v) is 15.8. The molecule has 1 heterocycles. The van der Waals surface area contributed by atoms with Crippen LogP contribution in [0.5, 0.6) is 0 Å². The van der Waals surface area contributed by atoms with E-state index in [1.807, 2.05) is 55.5 Å². The van der Waals surface area contributed by atoms with Gasteiger partial charge in [-0.25, -0.2) is 8.42 Å². The second-order valence-electron chi connectivity index (χ2n) is 6.47. The van der Waals surface area contributed by atoms with Gasteiger partial charge in [-0.15, -0.1) is 0 Å². The first kappa shape index (κ1) is 18.6. The summed E-state index contributed by atoms with van der Waals surface area (Å²) in [6, 6.07) is 14.5. The predicted molar refractivity (Wildman–Crippen MR) is 99.9 cm³/mol. The fourth-order valence-corrected chi connectivity index (χ4v) is 4.39. The number of carbonyl (C=O) groups excluding carboxylic acids is 1. The van der Waals surface area contributed by atoms with Crippen molar-refractivity contribution < 1.29 is 17.9 Å². The molecule has 0 aliphatic carbocycles. The summed E-state index contributed by atoms with van der Waals surface area (Å²) in [6.07, 6.45) is 0.335. The first-order chi connectivity index (χ1) is 12.4. The van der Waals surface area contributed by atoms with E-state index in [9.17, 15) is 13.2 Å². The van der Waals surface area contributed by atoms with E-state index in [2.05, 4.69) is 0 Å². The number of rotatable bonds is 5. The van der Waals surface area contributed by atoms with Crippen molar-refractivity contribution in [3.8, 4) is 0 Å². The van der Waals surface area contributed by atoms with E-state index in [4.69, 9.17) is 4.74 Å². The molecule has 3 rings (SSSR count). The smallest absolute Gasteiger partial charge is 0.325 e. The van der Waals surface area contributed by atoms with Crippen LogP contribution in [0.2, 0.25) is 0 Å². The van der Waals surface area contributed by atoms with E-state index >= 15 is 0 Å². The second-order valence-corrected chi connectivity index (χ2v) is 8.68. The summed E-state index contributed by atoms with van der Waals surface area (Å²) in [5.74, 6) is -0.545. The monoisotopic (exact) mass is 373 g/mol. The van der Waals surface area contributed by atoms with Gasteiger partial charge < -0.3 is 4.74 Å². The van der Waals surface area contributed by atoms with Crippen molar-refractivity contribution in [1.82, 2.24) is 4.31 Å². The number of hydrogen-bond donors (Lipinski definition) is 0. The highest BCUT2D eigenvalue weighted by atomic mass is 32.2. The molecule has 1 aliphatic rings. The Labute approximate surface area is 154 Å². The molecule has 0 saturated heterocycles. The largest absolute Gasteiger partial charge is 0.460 e. The second kappa shape index (κ2) is 7.60. The lowest BCUT2D eigenvalue weighted by Gasteiger charge is -2.34. The molecule has 0 aromatic heterocycles. The van der Waals surface area contributed by atoms with Crippen molar-refractivity contribution >= 4 is 16.0 Å². The van der Waals surface area contributed by atoms with E-state index in [0.29, 0.717) is 6.42 Å². The molecule has 6 heteroatoms. The van der Waals surface area contributed by atoms with E-state index in [1.165, 1.54) is 4.31 Å². The molecule has 2 aromatic rings. The average molecular weight is 373 g/mol. The number of ether oxygens (including phenoxy) is 1. The summed E-state index contributed by atoms with van der Waals surface area (Å²) in [7, 11) is -3.52. The molecule has 26 heavy (non-hydrogen) atoms. The maximum Gasteiger partial charge on any atom is 0.325 e. The lowest BCUT2D eigenvalue weighted by atomic mass is 9.96. The van der Waals surface area contributed by atoms with E-state index in [0.717, 1.165) is 22.3 Å². The number of carbonyl (C=O) groups is 1. The Morgan fingerprint density at radius 1 is 1.12 bits per heavy atom. The number of benzene rings is 2. The van der Waals surface area contributed by atoms with Gasteiger partial charge in [0.2, 0.25) is 10.0 Å². The molecule has 0 spiro atoms. The average Bonchev–Trinajstić information content (AvgIpc) is 2.66. The fourth-order valence-electron chi connectivity index (χ4n) is 3.18. The Morgan fingerprint density at radius 3 is 2.46 bits per heavy atom. The van der Waals surface area contributed by atoms with Crippen LogP contribution in [0, 0.1) is 6.92 Å². The van der Waals surface area contributed by atoms with Crippen molar-refractivity contribution in [3.63, 3.8) is 0 Å². The van der Waals surface area contributed by atoms with Crippen LogP contribution in [0.1, 0.15) is 29.2 Å². The van der Waals surface area contributed by atoms with Crippen molar-refractivity contribution in [2.24, 2.45) is 0 Å². The molecule has 1 aliphatic heterocycles. The van der Waals surface area contributed by atoms with Gasteiger partial charge in [0.25, 0.3) is 0 Å². The Morgan fingerprint density at radius 2 is 1.77 bits per heavy atom. The minimum atomic E-state index is -3.52. The third kappa shape index (κ3) is 3.81. The lowest BCUT2D eigenvalue weighted by Crippen LogP contribution is -2.49. The minimum absolute atomic E-state index is 0.0449. The first-order valence-electron chi connectivity index (χ1n) is 8.70. The van der Waals surface area contributed by atoms with E-state index in [-0.39, 0.29) is 18.9 Å². The molecular weight excluding hydrogens is 350 g/mol. The predicted octanol–water partition coefficient (Wildman–Crippen LogP) is 2.81. The van der Waals surface area contributed by atoms with Crippen molar-refractivity contribution in [2.45, 2.75) is 39.5 Å². The summed E-state index contributed by atoms with van der Waals surface area (Å²) in [5, 5.41) is 0. The zero-order chi connectivity index (χ0) is 18.7. The summed E-state index contributed by atoms with van der Waals surface area (Å²) in [5.41, 5.74) is 3.88. The highest BCUT2D eigenvalue weighted by Gasteiger charge is 2.38. The zero-order valence-electron chi connectivity index (χ0n) is 15.0. The van der Waals surface area contributed by atoms with Crippen molar-refractivity contribution in [2.75, 3.05) is 5.75 Å². The summed E-state index contributed by atoms with van der Waals surface area (Å²) in [6.45, 7) is 3.89. The van der Waals surface area contributed by atoms with Gasteiger partial charge in [0, 0.05) is 13.0 Å². The van der Waals surface area contributed by atoms with Gasteiger partial charge in [0.15, 0.2) is 0 Å². The number of hydrogen-bond acceptors (Lipinski definition) is 4. The molecule has 0 unspecified atom stereocenters. The standard InChI is InChI=1S/C20H23NO4S/c1-3-26(23,24)21-13-17-10-7-6-9-16(17)12-19(21)20(22)25-14-18-11-5-4-8-15(18)2/h4-11,19H,3,12-14H2,1-2H3/t19-/m0/s1. The van der Waals surface area contributed by atoms with E-state index in [1.54, 1.807) is 6.92 Å². The minimum Gasteiger partial charge on any atom is -0.460 e. The van der Waals surface area contributed by atoms with Gasteiger partial charge in [-0.3, -0.25) is 4.79 Å². The Balaban J connectivity index is 1.83. The molecule has 0 saturated carbocycles. The van der Waals surface area contributed by atoms with Crippen molar-refractivity contribution in [3.05, 3.63) is 70.8 Å². The van der Waals surface area contributed by atoms with Crippen molar-refractivity contribution in [1.29, 1.82) is 0 Å². The number of fused-ring (bicyclic) bond motifs is 1. The van der Waals surface area contributed by atoms with Crippen LogP contribution in [-0.4, -0.2) is 30.5 Å². The summed E-state index contributed by atoms with van der Waals surface area (Å²) >= 11 is 0. The van der Waals surface area contributed by atoms with Crippen LogP contribution in [0.15, 0.2) is 48.5 Å². The summed E-state index contributed by atoms with van der Waals surface area (Å²) < 4.78 is 31.8. The van der Waals surface area contributed by atoms with Gasteiger partial charge in [-0.2, -0.15) is 4.31 Å². The van der Waals surface area contributed by atoms with Gasteiger partial charge >= 0.3 is 5.97 Å². The Hall–Kier alpha value is -2.18. The normalized spacial score (nSPS) is 17.5. The van der Waals surface area contributed by atoms with Crippen LogP contribution in [-0.2, 0) is 39.1 Å². The first-order valence-corrected chi connectivity index (χ1v) is 10.3. The number of nitrogens with zero attached hydrogens (tertiary/aromatic N) is 1. The van der Waals surface area contributed by atoms with Crippen LogP contribution in [0.3, 0.4) is 0 Å². The highest BCUT2D eigenvalue weighted by molar-refractivity contribution is 7.89. The van der Waals surface area contributed by atoms with Gasteiger partial charge in [-0.1, -0.05) is 48.5 Å². The molecule has 0 bridgehead atoms. The lowest BCUT2D eigenvalue weighted by molar-refractivity contribution is -0.150. The van der Waals surface area contributed by atoms with E-state index < -0.39 is 22.0 Å². The Kier molecular flexibility index (Phi) is 5.44. The van der Waals surface area contributed by atoms with Crippen LogP contribution < -0.4 is 0 Å². The number of aryl methyl sites for hydroxylation is 1. The molecule has 1 atom stereocenters.